The van der Waals surface area contributed by atoms with E-state index in [2.05, 4.69) is 20.4 Å². The van der Waals surface area contributed by atoms with Crippen molar-refractivity contribution in [2.24, 2.45) is 0 Å². The Hall–Kier alpha value is -0.910. The van der Waals surface area contributed by atoms with Crippen LogP contribution >= 0.6 is 11.6 Å². The van der Waals surface area contributed by atoms with Gasteiger partial charge in [0.1, 0.15) is 5.82 Å². The van der Waals surface area contributed by atoms with Gasteiger partial charge in [-0.1, -0.05) is 11.6 Å². The summed E-state index contributed by atoms with van der Waals surface area (Å²) < 4.78 is 0. The fraction of sp³-hybridized carbons (Fsp3) is 0.750. The molecule has 6 heteroatoms. The molecule has 1 atom stereocenters. The standard InChI is InChI=1S/C16H25ClN4O/c1-11-9-15(19-20-16(11)17)18-12-3-2-8-21(10-12)13-4-6-14(22)7-5-13/h9,12-14,22H,2-8,10H2,1H3,(H,18,19)/t12-,13?,14?/m1/s1. The Kier molecular flexibility index (Phi) is 5.16. The number of nitrogens with zero attached hydrogens (tertiary/aromatic N) is 3. The first kappa shape index (κ1) is 16.0. The van der Waals surface area contributed by atoms with Crippen LogP contribution < -0.4 is 5.32 Å². The molecule has 3 rings (SSSR count). The number of anilines is 1. The van der Waals surface area contributed by atoms with Gasteiger partial charge in [0.2, 0.25) is 0 Å². The van der Waals surface area contributed by atoms with Gasteiger partial charge in [0.15, 0.2) is 5.15 Å². The van der Waals surface area contributed by atoms with Crippen molar-refractivity contribution in [1.29, 1.82) is 0 Å². The van der Waals surface area contributed by atoms with E-state index in [1.54, 1.807) is 0 Å². The molecule has 2 aliphatic rings. The third-order valence-corrected chi connectivity index (χ3v) is 5.29. The Morgan fingerprint density at radius 2 is 2.00 bits per heavy atom. The second kappa shape index (κ2) is 7.11. The molecule has 1 saturated heterocycles. The molecular formula is C16H25ClN4O. The van der Waals surface area contributed by atoms with E-state index < -0.39 is 0 Å². The quantitative estimate of drug-likeness (QED) is 0.895. The Bertz CT molecular complexity index is 505. The number of aryl methyl sites for hydroxylation is 1. The zero-order valence-electron chi connectivity index (χ0n) is 13.1. The summed E-state index contributed by atoms with van der Waals surface area (Å²) in [5.41, 5.74) is 0.952. The number of aliphatic hydroxyl groups excluding tert-OH is 1. The molecular weight excluding hydrogens is 300 g/mol. The van der Waals surface area contributed by atoms with Gasteiger partial charge in [0.05, 0.1) is 6.10 Å². The number of hydrogen-bond donors (Lipinski definition) is 2. The van der Waals surface area contributed by atoms with E-state index in [1.807, 2.05) is 13.0 Å². The predicted molar refractivity (Wildman–Crippen MR) is 88.3 cm³/mol. The molecule has 22 heavy (non-hydrogen) atoms. The van der Waals surface area contributed by atoms with Crippen LogP contribution in [-0.2, 0) is 0 Å². The van der Waals surface area contributed by atoms with E-state index >= 15 is 0 Å². The van der Waals surface area contributed by atoms with E-state index in [0.717, 1.165) is 50.0 Å². The van der Waals surface area contributed by atoms with Crippen molar-refractivity contribution in [3.63, 3.8) is 0 Å². The summed E-state index contributed by atoms with van der Waals surface area (Å²) >= 11 is 5.93. The van der Waals surface area contributed by atoms with Gasteiger partial charge >= 0.3 is 0 Å². The number of nitrogens with one attached hydrogen (secondary N) is 1. The Balaban J connectivity index is 1.57. The van der Waals surface area contributed by atoms with Crippen molar-refractivity contribution >= 4 is 17.4 Å². The van der Waals surface area contributed by atoms with Crippen LogP contribution in [0.2, 0.25) is 5.15 Å². The normalized spacial score (nSPS) is 30.2. The van der Waals surface area contributed by atoms with Gasteiger partial charge in [-0.2, -0.15) is 0 Å². The SMILES string of the molecule is Cc1cc(N[C@@H]2CCCN(C3CCC(O)CC3)C2)nnc1Cl. The minimum Gasteiger partial charge on any atom is -0.393 e. The summed E-state index contributed by atoms with van der Waals surface area (Å²) in [6.07, 6.45) is 6.41. The average Bonchev–Trinajstić information content (AvgIpc) is 2.52. The first-order valence-electron chi connectivity index (χ1n) is 8.30. The molecule has 0 aromatic carbocycles. The van der Waals surface area contributed by atoms with Crippen molar-refractivity contribution in [1.82, 2.24) is 15.1 Å². The topological polar surface area (TPSA) is 61.3 Å². The number of rotatable bonds is 3. The monoisotopic (exact) mass is 324 g/mol. The van der Waals surface area contributed by atoms with Crippen LogP contribution in [-0.4, -0.2) is 51.5 Å². The van der Waals surface area contributed by atoms with Crippen molar-refractivity contribution in [2.75, 3.05) is 18.4 Å². The lowest BCUT2D eigenvalue weighted by molar-refractivity contribution is 0.0625. The largest absolute Gasteiger partial charge is 0.393 e. The van der Waals surface area contributed by atoms with Gasteiger partial charge in [-0.15, -0.1) is 10.2 Å². The minimum absolute atomic E-state index is 0.0812. The zero-order chi connectivity index (χ0) is 15.5. The number of halogens is 1. The van der Waals surface area contributed by atoms with Gasteiger partial charge in [-0.05, 0) is 63.6 Å². The van der Waals surface area contributed by atoms with Gasteiger partial charge in [0, 0.05) is 18.6 Å². The fourth-order valence-corrected chi connectivity index (χ4v) is 3.72. The lowest BCUT2D eigenvalue weighted by atomic mass is 9.90. The lowest BCUT2D eigenvalue weighted by Gasteiger charge is -2.41. The molecule has 0 unspecified atom stereocenters. The van der Waals surface area contributed by atoms with Gasteiger partial charge in [0.25, 0.3) is 0 Å². The summed E-state index contributed by atoms with van der Waals surface area (Å²) in [7, 11) is 0. The summed E-state index contributed by atoms with van der Waals surface area (Å²) in [5, 5.41) is 21.7. The molecule has 1 aliphatic heterocycles. The predicted octanol–water partition coefficient (Wildman–Crippen LogP) is 2.62. The van der Waals surface area contributed by atoms with Gasteiger partial charge in [-0.25, -0.2) is 0 Å². The summed E-state index contributed by atoms with van der Waals surface area (Å²) in [5.74, 6) is 0.813. The Labute approximate surface area is 137 Å². The fourth-order valence-electron chi connectivity index (χ4n) is 3.63. The van der Waals surface area contributed by atoms with Crippen molar-refractivity contribution in [3.8, 4) is 0 Å². The molecule has 2 heterocycles. The van der Waals surface area contributed by atoms with Crippen LogP contribution in [0.25, 0.3) is 0 Å². The van der Waals surface area contributed by atoms with E-state index in [-0.39, 0.29) is 6.10 Å². The van der Waals surface area contributed by atoms with Gasteiger partial charge in [-0.3, -0.25) is 4.90 Å². The van der Waals surface area contributed by atoms with Crippen molar-refractivity contribution in [3.05, 3.63) is 16.8 Å². The lowest BCUT2D eigenvalue weighted by Crippen LogP contribution is -2.48. The average molecular weight is 325 g/mol. The summed E-state index contributed by atoms with van der Waals surface area (Å²) in [6, 6.07) is 3.01. The van der Waals surface area contributed by atoms with Crippen molar-refractivity contribution < 1.29 is 5.11 Å². The van der Waals surface area contributed by atoms with Gasteiger partial charge < -0.3 is 10.4 Å². The maximum Gasteiger partial charge on any atom is 0.154 e. The molecule has 0 amide bonds. The smallest absolute Gasteiger partial charge is 0.154 e. The molecule has 0 radical (unpaired) electrons. The molecule has 1 saturated carbocycles. The maximum atomic E-state index is 9.66. The highest BCUT2D eigenvalue weighted by atomic mass is 35.5. The molecule has 5 nitrogen and oxygen atoms in total. The summed E-state index contributed by atoms with van der Waals surface area (Å²) in [6.45, 7) is 4.16. The minimum atomic E-state index is -0.0812. The van der Waals surface area contributed by atoms with Crippen LogP contribution in [0.1, 0.15) is 44.1 Å². The van der Waals surface area contributed by atoms with E-state index in [0.29, 0.717) is 17.2 Å². The molecule has 122 valence electrons. The molecule has 1 aliphatic carbocycles. The third-order valence-electron chi connectivity index (χ3n) is 4.91. The van der Waals surface area contributed by atoms with Crippen molar-refractivity contribution in [2.45, 2.75) is 63.6 Å². The molecule has 2 fully saturated rings. The molecule has 2 N–H and O–H groups in total. The van der Waals surface area contributed by atoms with E-state index in [1.165, 1.54) is 13.0 Å². The highest BCUT2D eigenvalue weighted by molar-refractivity contribution is 6.30. The number of hydrogen-bond acceptors (Lipinski definition) is 5. The molecule has 1 aromatic heterocycles. The van der Waals surface area contributed by atoms with Crippen LogP contribution in [0, 0.1) is 6.92 Å². The third kappa shape index (κ3) is 3.89. The highest BCUT2D eigenvalue weighted by Gasteiger charge is 2.29. The second-order valence-corrected chi connectivity index (χ2v) is 7.00. The number of aliphatic hydroxyl groups is 1. The Morgan fingerprint density at radius 1 is 1.23 bits per heavy atom. The first-order valence-corrected chi connectivity index (χ1v) is 8.68. The maximum absolute atomic E-state index is 9.66. The van der Waals surface area contributed by atoms with Crippen LogP contribution in [0.3, 0.4) is 0 Å². The first-order chi connectivity index (χ1) is 10.6. The van der Waals surface area contributed by atoms with Crippen LogP contribution in [0.5, 0.6) is 0 Å². The molecule has 0 bridgehead atoms. The molecule has 0 spiro atoms. The number of piperidine rings is 1. The molecule has 1 aromatic rings. The van der Waals surface area contributed by atoms with E-state index in [9.17, 15) is 5.11 Å². The zero-order valence-corrected chi connectivity index (χ0v) is 13.9. The number of likely N-dealkylation sites (tertiary alicyclic amines) is 1. The number of aromatic nitrogens is 2. The van der Waals surface area contributed by atoms with Crippen LogP contribution in [0.4, 0.5) is 5.82 Å². The summed E-state index contributed by atoms with van der Waals surface area (Å²) in [4.78, 5) is 2.59. The second-order valence-electron chi connectivity index (χ2n) is 6.64. The Morgan fingerprint density at radius 3 is 2.73 bits per heavy atom. The van der Waals surface area contributed by atoms with Crippen LogP contribution in [0.15, 0.2) is 6.07 Å². The van der Waals surface area contributed by atoms with E-state index in [4.69, 9.17) is 11.6 Å². The highest BCUT2D eigenvalue weighted by Crippen LogP contribution is 2.26.